The SMILES string of the molecule is CCCN(C(=O)c1ccc2c(c1)CCCC2)C1CCNCC1. The summed E-state index contributed by atoms with van der Waals surface area (Å²) >= 11 is 0. The lowest BCUT2D eigenvalue weighted by molar-refractivity contribution is 0.0642. The van der Waals surface area contributed by atoms with E-state index in [0.29, 0.717) is 6.04 Å². The van der Waals surface area contributed by atoms with Crippen LogP contribution in [-0.4, -0.2) is 36.5 Å². The summed E-state index contributed by atoms with van der Waals surface area (Å²) in [4.78, 5) is 15.2. The van der Waals surface area contributed by atoms with Crippen LogP contribution in [0.2, 0.25) is 0 Å². The number of fused-ring (bicyclic) bond motifs is 1. The van der Waals surface area contributed by atoms with E-state index >= 15 is 0 Å². The monoisotopic (exact) mass is 300 g/mol. The first kappa shape index (κ1) is 15.5. The molecule has 3 nitrogen and oxygen atoms in total. The number of amides is 1. The third-order valence-corrected chi connectivity index (χ3v) is 5.07. The molecule has 0 bridgehead atoms. The Morgan fingerprint density at radius 2 is 1.91 bits per heavy atom. The van der Waals surface area contributed by atoms with Crippen LogP contribution in [0.4, 0.5) is 0 Å². The van der Waals surface area contributed by atoms with Crippen LogP contribution in [0.25, 0.3) is 0 Å². The first-order valence-electron chi connectivity index (χ1n) is 8.93. The summed E-state index contributed by atoms with van der Waals surface area (Å²) in [5.74, 6) is 0.238. The number of nitrogens with one attached hydrogen (secondary N) is 1. The van der Waals surface area contributed by atoms with Gasteiger partial charge in [0.2, 0.25) is 0 Å². The van der Waals surface area contributed by atoms with Crippen LogP contribution in [0.1, 0.15) is 60.5 Å². The molecule has 0 unspecified atom stereocenters. The molecule has 1 aliphatic heterocycles. The van der Waals surface area contributed by atoms with Gasteiger partial charge in [-0.2, -0.15) is 0 Å². The maximum absolute atomic E-state index is 13.0. The van der Waals surface area contributed by atoms with Crippen LogP contribution < -0.4 is 5.32 Å². The molecule has 120 valence electrons. The van der Waals surface area contributed by atoms with E-state index in [4.69, 9.17) is 0 Å². The second-order valence-electron chi connectivity index (χ2n) is 6.67. The standard InChI is InChI=1S/C19H28N2O/c1-2-13-21(18-9-11-20-12-10-18)19(22)17-8-7-15-5-3-4-6-16(15)14-17/h7-8,14,18,20H,2-6,9-13H2,1H3. The van der Waals surface area contributed by atoms with E-state index in [1.807, 2.05) is 0 Å². The summed E-state index contributed by atoms with van der Waals surface area (Å²) in [6.07, 6.45) is 8.05. The average Bonchev–Trinajstić information content (AvgIpc) is 2.59. The number of aryl methyl sites for hydroxylation is 2. The maximum Gasteiger partial charge on any atom is 0.254 e. The molecule has 1 aromatic rings. The number of hydrogen-bond donors (Lipinski definition) is 1. The summed E-state index contributed by atoms with van der Waals surface area (Å²) < 4.78 is 0. The van der Waals surface area contributed by atoms with Gasteiger partial charge in [0, 0.05) is 18.2 Å². The second kappa shape index (κ2) is 7.28. The Balaban J connectivity index is 1.80. The Morgan fingerprint density at radius 3 is 2.64 bits per heavy atom. The number of nitrogens with zero attached hydrogens (tertiary/aromatic N) is 1. The zero-order chi connectivity index (χ0) is 15.4. The van der Waals surface area contributed by atoms with Crippen LogP contribution in [0.15, 0.2) is 18.2 Å². The van der Waals surface area contributed by atoms with Gasteiger partial charge in [0.1, 0.15) is 0 Å². The van der Waals surface area contributed by atoms with Crippen LogP contribution >= 0.6 is 0 Å². The topological polar surface area (TPSA) is 32.3 Å². The van der Waals surface area contributed by atoms with Crippen molar-refractivity contribution in [3.8, 4) is 0 Å². The maximum atomic E-state index is 13.0. The van der Waals surface area contributed by atoms with Crippen molar-refractivity contribution in [1.82, 2.24) is 10.2 Å². The van der Waals surface area contributed by atoms with Gasteiger partial charge in [-0.15, -0.1) is 0 Å². The highest BCUT2D eigenvalue weighted by molar-refractivity contribution is 5.94. The van der Waals surface area contributed by atoms with E-state index in [1.54, 1.807) is 0 Å². The molecular formula is C19H28N2O. The third-order valence-electron chi connectivity index (χ3n) is 5.07. The van der Waals surface area contributed by atoms with Crippen molar-refractivity contribution in [3.05, 3.63) is 34.9 Å². The second-order valence-corrected chi connectivity index (χ2v) is 6.67. The highest BCUT2D eigenvalue weighted by atomic mass is 16.2. The van der Waals surface area contributed by atoms with Gasteiger partial charge < -0.3 is 10.2 Å². The molecule has 1 aromatic carbocycles. The van der Waals surface area contributed by atoms with Gasteiger partial charge in [0.05, 0.1) is 0 Å². The summed E-state index contributed by atoms with van der Waals surface area (Å²) in [6.45, 7) is 5.10. The van der Waals surface area contributed by atoms with E-state index in [2.05, 4.69) is 35.3 Å². The molecule has 0 atom stereocenters. The number of carbonyl (C=O) groups is 1. The van der Waals surface area contributed by atoms with Gasteiger partial charge in [-0.25, -0.2) is 0 Å². The highest BCUT2D eigenvalue weighted by Gasteiger charge is 2.26. The van der Waals surface area contributed by atoms with Crippen molar-refractivity contribution < 1.29 is 4.79 Å². The molecule has 1 heterocycles. The van der Waals surface area contributed by atoms with Crippen LogP contribution in [-0.2, 0) is 12.8 Å². The van der Waals surface area contributed by atoms with Crippen molar-refractivity contribution >= 4 is 5.91 Å². The number of hydrogen-bond acceptors (Lipinski definition) is 2. The number of carbonyl (C=O) groups excluding carboxylic acids is 1. The minimum Gasteiger partial charge on any atom is -0.336 e. The van der Waals surface area contributed by atoms with Gasteiger partial charge in [0.25, 0.3) is 5.91 Å². The van der Waals surface area contributed by atoms with Crippen LogP contribution in [0, 0.1) is 0 Å². The lowest BCUT2D eigenvalue weighted by Gasteiger charge is -2.35. The van der Waals surface area contributed by atoms with Gasteiger partial charge in [-0.05, 0) is 81.3 Å². The zero-order valence-electron chi connectivity index (χ0n) is 13.7. The van der Waals surface area contributed by atoms with Crippen molar-refractivity contribution in [2.75, 3.05) is 19.6 Å². The van der Waals surface area contributed by atoms with Gasteiger partial charge >= 0.3 is 0 Å². The molecule has 1 fully saturated rings. The normalized spacial score (nSPS) is 18.8. The molecule has 2 aliphatic rings. The number of rotatable bonds is 4. The molecule has 0 saturated carbocycles. The fraction of sp³-hybridized carbons (Fsp3) is 0.632. The molecule has 0 radical (unpaired) electrons. The van der Waals surface area contributed by atoms with Gasteiger partial charge in [-0.1, -0.05) is 13.0 Å². The largest absolute Gasteiger partial charge is 0.336 e. The van der Waals surface area contributed by atoms with Gasteiger partial charge in [0.15, 0.2) is 0 Å². The van der Waals surface area contributed by atoms with Crippen molar-refractivity contribution in [3.63, 3.8) is 0 Å². The van der Waals surface area contributed by atoms with Crippen LogP contribution in [0.3, 0.4) is 0 Å². The molecule has 1 saturated heterocycles. The Kier molecular flexibility index (Phi) is 5.14. The van der Waals surface area contributed by atoms with E-state index in [9.17, 15) is 4.79 Å². The third kappa shape index (κ3) is 3.35. The highest BCUT2D eigenvalue weighted by Crippen LogP contribution is 2.24. The quantitative estimate of drug-likeness (QED) is 0.926. The van der Waals surface area contributed by atoms with Crippen molar-refractivity contribution in [2.45, 2.75) is 57.9 Å². The summed E-state index contributed by atoms with van der Waals surface area (Å²) in [6, 6.07) is 6.81. The predicted molar refractivity (Wildman–Crippen MR) is 90.3 cm³/mol. The molecule has 3 rings (SSSR count). The molecule has 22 heavy (non-hydrogen) atoms. The summed E-state index contributed by atoms with van der Waals surface area (Å²) in [5, 5.41) is 3.39. The lowest BCUT2D eigenvalue weighted by Crippen LogP contribution is -2.46. The first-order chi connectivity index (χ1) is 10.8. The summed E-state index contributed by atoms with van der Waals surface area (Å²) in [5.41, 5.74) is 3.75. The Labute approximate surface area is 134 Å². The average molecular weight is 300 g/mol. The molecule has 0 aromatic heterocycles. The van der Waals surface area contributed by atoms with E-state index < -0.39 is 0 Å². The molecular weight excluding hydrogens is 272 g/mol. The smallest absolute Gasteiger partial charge is 0.254 e. The fourth-order valence-electron chi connectivity index (χ4n) is 3.84. The Morgan fingerprint density at radius 1 is 1.18 bits per heavy atom. The first-order valence-corrected chi connectivity index (χ1v) is 8.93. The molecule has 1 aliphatic carbocycles. The predicted octanol–water partition coefficient (Wildman–Crippen LogP) is 3.17. The number of benzene rings is 1. The Hall–Kier alpha value is -1.35. The molecule has 1 N–H and O–H groups in total. The number of piperidine rings is 1. The minimum atomic E-state index is 0.238. The van der Waals surface area contributed by atoms with Gasteiger partial charge in [-0.3, -0.25) is 4.79 Å². The molecule has 1 amide bonds. The lowest BCUT2D eigenvalue weighted by atomic mass is 9.90. The molecule has 3 heteroatoms. The van der Waals surface area contributed by atoms with E-state index in [-0.39, 0.29) is 5.91 Å². The van der Waals surface area contributed by atoms with Crippen molar-refractivity contribution in [2.24, 2.45) is 0 Å². The Bertz CT molecular complexity index is 520. The summed E-state index contributed by atoms with van der Waals surface area (Å²) in [7, 11) is 0. The molecule has 0 spiro atoms. The zero-order valence-corrected chi connectivity index (χ0v) is 13.7. The minimum absolute atomic E-state index is 0.238. The van der Waals surface area contributed by atoms with Crippen molar-refractivity contribution in [1.29, 1.82) is 0 Å². The van der Waals surface area contributed by atoms with E-state index in [0.717, 1.165) is 50.9 Å². The fourth-order valence-corrected chi connectivity index (χ4v) is 3.84. The van der Waals surface area contributed by atoms with Crippen LogP contribution in [0.5, 0.6) is 0 Å². The van der Waals surface area contributed by atoms with E-state index in [1.165, 1.54) is 30.4 Å².